The van der Waals surface area contributed by atoms with Gasteiger partial charge in [-0.25, -0.2) is 15.0 Å². The summed E-state index contributed by atoms with van der Waals surface area (Å²) in [6.45, 7) is 1.48. The van der Waals surface area contributed by atoms with Crippen molar-refractivity contribution in [3.8, 4) is 0 Å². The molecule has 0 atom stereocenters. The number of halogens is 3. The van der Waals surface area contributed by atoms with Crippen LogP contribution in [0.4, 0.5) is 24.8 Å². The molecule has 2 aromatic heterocycles. The number of fused-ring (bicyclic) bond motifs is 2. The van der Waals surface area contributed by atoms with Gasteiger partial charge < -0.3 is 10.2 Å². The van der Waals surface area contributed by atoms with Crippen LogP contribution >= 0.6 is 23.1 Å². The zero-order valence-electron chi connectivity index (χ0n) is 15.6. The summed E-state index contributed by atoms with van der Waals surface area (Å²) in [6, 6.07) is 3.74. The molecule has 1 fully saturated rings. The van der Waals surface area contributed by atoms with E-state index in [1.807, 2.05) is 0 Å². The van der Waals surface area contributed by atoms with Gasteiger partial charge in [-0.05, 0) is 31.0 Å². The number of nitrogens with zero attached hydrogens (tertiary/aromatic N) is 4. The van der Waals surface area contributed by atoms with E-state index in [0.29, 0.717) is 22.9 Å². The maximum absolute atomic E-state index is 12.9. The van der Waals surface area contributed by atoms with Crippen LogP contribution in [0, 0.1) is 0 Å². The number of anilines is 2. The van der Waals surface area contributed by atoms with Crippen molar-refractivity contribution in [1.82, 2.24) is 15.0 Å². The number of thiazole rings is 1. The molecule has 1 amide bonds. The van der Waals surface area contributed by atoms with E-state index in [2.05, 4.69) is 25.2 Å². The predicted octanol–water partition coefficient (Wildman–Crippen LogP) is 4.53. The van der Waals surface area contributed by atoms with E-state index >= 15 is 0 Å². The molecule has 0 spiro atoms. The van der Waals surface area contributed by atoms with Gasteiger partial charge in [0.15, 0.2) is 0 Å². The molecular formula is C19H16F3N5OS2. The first-order valence-electron chi connectivity index (χ1n) is 9.39. The van der Waals surface area contributed by atoms with Crippen LogP contribution in [0.25, 0.3) is 10.2 Å². The van der Waals surface area contributed by atoms with Crippen molar-refractivity contribution in [2.24, 2.45) is 0 Å². The third-order valence-electron chi connectivity index (χ3n) is 5.21. The van der Waals surface area contributed by atoms with Gasteiger partial charge in [0.05, 0.1) is 38.4 Å². The fraction of sp³-hybridized carbons (Fsp3) is 0.368. The van der Waals surface area contributed by atoms with E-state index in [4.69, 9.17) is 0 Å². The average molecular weight is 451 g/mol. The number of amides is 1. The lowest BCUT2D eigenvalue weighted by Crippen LogP contribution is -2.34. The van der Waals surface area contributed by atoms with E-state index in [0.717, 1.165) is 52.8 Å². The Morgan fingerprint density at radius 2 is 1.97 bits per heavy atom. The lowest BCUT2D eigenvalue weighted by Gasteiger charge is -2.31. The van der Waals surface area contributed by atoms with Crippen LogP contribution in [0.2, 0.25) is 0 Å². The molecule has 6 nitrogen and oxygen atoms in total. The molecule has 156 valence electrons. The lowest BCUT2D eigenvalue weighted by atomic mass is 9.98. The molecule has 0 bridgehead atoms. The second-order valence-electron chi connectivity index (χ2n) is 7.22. The normalized spacial score (nSPS) is 17.8. The Balaban J connectivity index is 1.29. The van der Waals surface area contributed by atoms with Gasteiger partial charge >= 0.3 is 6.18 Å². The Labute approximate surface area is 177 Å². The highest BCUT2D eigenvalue weighted by Crippen LogP contribution is 2.38. The largest absolute Gasteiger partial charge is 0.416 e. The quantitative estimate of drug-likeness (QED) is 0.577. The summed E-state index contributed by atoms with van der Waals surface area (Å²) in [4.78, 5) is 27.0. The van der Waals surface area contributed by atoms with Gasteiger partial charge in [0, 0.05) is 19.0 Å². The van der Waals surface area contributed by atoms with Crippen LogP contribution in [0.15, 0.2) is 29.4 Å². The maximum Gasteiger partial charge on any atom is 0.416 e. The van der Waals surface area contributed by atoms with Gasteiger partial charge in [0.25, 0.3) is 0 Å². The highest BCUT2D eigenvalue weighted by atomic mass is 32.2. The van der Waals surface area contributed by atoms with Crippen molar-refractivity contribution in [2.75, 3.05) is 29.1 Å². The summed E-state index contributed by atoms with van der Waals surface area (Å²) in [5.74, 6) is 1.14. The Morgan fingerprint density at radius 3 is 2.73 bits per heavy atom. The summed E-state index contributed by atoms with van der Waals surface area (Å²) in [5, 5.41) is 4.42. The van der Waals surface area contributed by atoms with E-state index in [9.17, 15) is 18.0 Å². The van der Waals surface area contributed by atoms with Crippen molar-refractivity contribution in [2.45, 2.75) is 30.0 Å². The Hall–Kier alpha value is -2.40. The van der Waals surface area contributed by atoms with Crippen molar-refractivity contribution >= 4 is 50.9 Å². The molecule has 0 aliphatic carbocycles. The topological polar surface area (TPSA) is 71.0 Å². The second kappa shape index (κ2) is 7.38. The molecule has 1 saturated heterocycles. The number of hydrogen-bond acceptors (Lipinski definition) is 7. The summed E-state index contributed by atoms with van der Waals surface area (Å²) in [7, 11) is 0. The number of aromatic nitrogens is 3. The number of carbonyl (C=O) groups excluding carboxylic acids is 1. The smallest absolute Gasteiger partial charge is 0.341 e. The summed E-state index contributed by atoms with van der Waals surface area (Å²) in [5.41, 5.74) is 0.382. The molecule has 0 unspecified atom stereocenters. The number of nitrogens with one attached hydrogen (secondary N) is 1. The molecule has 11 heteroatoms. The van der Waals surface area contributed by atoms with Gasteiger partial charge in [0.2, 0.25) is 11.9 Å². The monoisotopic (exact) mass is 451 g/mol. The molecule has 2 aliphatic heterocycles. The van der Waals surface area contributed by atoms with Crippen molar-refractivity contribution in [1.29, 1.82) is 0 Å². The van der Waals surface area contributed by atoms with Crippen LogP contribution in [0.5, 0.6) is 0 Å². The van der Waals surface area contributed by atoms with Crippen LogP contribution in [0.1, 0.15) is 29.3 Å². The number of hydrogen-bond donors (Lipinski definition) is 1. The maximum atomic E-state index is 12.9. The molecule has 3 aromatic rings. The highest BCUT2D eigenvalue weighted by Gasteiger charge is 2.31. The Bertz CT molecular complexity index is 1130. The molecule has 4 heterocycles. The third kappa shape index (κ3) is 3.71. The standard InChI is InChI=1S/C19H16F3N5OS2/c20-19(21,22)11-1-2-14-12(7-11)25-16(30-14)10-3-5-27(6-4-10)18-23-8-13-17(26-18)29-9-15(28)24-13/h1-2,7-8,10H,3-6,9H2,(H,24,28). The third-order valence-corrected chi connectivity index (χ3v) is 7.40. The molecular weight excluding hydrogens is 435 g/mol. The number of benzene rings is 1. The minimum atomic E-state index is -4.36. The fourth-order valence-electron chi connectivity index (χ4n) is 3.65. The van der Waals surface area contributed by atoms with E-state index < -0.39 is 11.7 Å². The van der Waals surface area contributed by atoms with Crippen LogP contribution in [-0.2, 0) is 11.0 Å². The second-order valence-corrected chi connectivity index (χ2v) is 9.25. The first kappa shape index (κ1) is 19.6. The first-order valence-corrected chi connectivity index (χ1v) is 11.2. The zero-order valence-corrected chi connectivity index (χ0v) is 17.2. The van der Waals surface area contributed by atoms with E-state index in [-0.39, 0.29) is 11.8 Å². The molecule has 2 aliphatic rings. The first-order chi connectivity index (χ1) is 14.4. The Kier molecular flexibility index (Phi) is 4.81. The predicted molar refractivity (Wildman–Crippen MR) is 110 cm³/mol. The number of thioether (sulfide) groups is 1. The van der Waals surface area contributed by atoms with E-state index in [1.54, 1.807) is 6.20 Å². The summed E-state index contributed by atoms with van der Waals surface area (Å²) >= 11 is 2.87. The molecule has 30 heavy (non-hydrogen) atoms. The summed E-state index contributed by atoms with van der Waals surface area (Å²) in [6.07, 6.45) is -1.06. The fourth-order valence-corrected chi connectivity index (χ4v) is 5.51. The van der Waals surface area contributed by atoms with Crippen LogP contribution in [-0.4, -0.2) is 39.7 Å². The molecule has 1 aromatic carbocycles. The molecule has 0 saturated carbocycles. The minimum Gasteiger partial charge on any atom is -0.341 e. The molecule has 1 N–H and O–H groups in total. The van der Waals surface area contributed by atoms with Crippen molar-refractivity contribution in [3.05, 3.63) is 35.0 Å². The molecule has 0 radical (unpaired) electrons. The highest BCUT2D eigenvalue weighted by molar-refractivity contribution is 8.00. The SMILES string of the molecule is O=C1CSc2nc(N3CCC(c4nc5cc(C(F)(F)F)ccc5s4)CC3)ncc2N1. The number of rotatable bonds is 2. The van der Waals surface area contributed by atoms with Gasteiger partial charge in [-0.1, -0.05) is 11.8 Å². The number of carbonyl (C=O) groups is 1. The van der Waals surface area contributed by atoms with Crippen molar-refractivity contribution in [3.63, 3.8) is 0 Å². The molecule has 5 rings (SSSR count). The Morgan fingerprint density at radius 1 is 1.17 bits per heavy atom. The van der Waals surface area contributed by atoms with Gasteiger partial charge in [-0.2, -0.15) is 13.2 Å². The van der Waals surface area contributed by atoms with Gasteiger partial charge in [0.1, 0.15) is 5.03 Å². The minimum absolute atomic E-state index is 0.0529. The average Bonchev–Trinajstić information content (AvgIpc) is 3.16. The van der Waals surface area contributed by atoms with Crippen LogP contribution in [0.3, 0.4) is 0 Å². The zero-order chi connectivity index (χ0) is 20.9. The summed E-state index contributed by atoms with van der Waals surface area (Å²) < 4.78 is 39.6. The van der Waals surface area contributed by atoms with Crippen molar-refractivity contribution < 1.29 is 18.0 Å². The van der Waals surface area contributed by atoms with Crippen LogP contribution < -0.4 is 10.2 Å². The number of alkyl halides is 3. The lowest BCUT2D eigenvalue weighted by molar-refractivity contribution is -0.137. The van der Waals surface area contributed by atoms with Gasteiger partial charge in [-0.3, -0.25) is 4.79 Å². The number of piperidine rings is 1. The van der Waals surface area contributed by atoms with E-state index in [1.165, 1.54) is 29.2 Å². The van der Waals surface area contributed by atoms with Gasteiger partial charge in [-0.15, -0.1) is 11.3 Å².